The number of hydrogen-bond donors (Lipinski definition) is 0. The van der Waals surface area contributed by atoms with Crippen LogP contribution in [0.15, 0.2) is 12.3 Å². The fraction of sp³-hybridized carbons (Fsp3) is 0.857. The summed E-state index contributed by atoms with van der Waals surface area (Å²) < 4.78 is 5.92. The number of ether oxygens (including phenoxy) is 1. The molecule has 15 heavy (non-hydrogen) atoms. The van der Waals surface area contributed by atoms with Gasteiger partial charge in [-0.3, -0.25) is 0 Å². The summed E-state index contributed by atoms with van der Waals surface area (Å²) in [6, 6.07) is 0. The molecule has 0 saturated carbocycles. The highest BCUT2D eigenvalue weighted by Crippen LogP contribution is 2.22. The van der Waals surface area contributed by atoms with Crippen LogP contribution in [0.3, 0.4) is 0 Å². The van der Waals surface area contributed by atoms with E-state index in [2.05, 4.69) is 13.5 Å². The molecule has 0 unspecified atom stereocenters. The van der Waals surface area contributed by atoms with Crippen LogP contribution in [0.1, 0.15) is 71.1 Å². The van der Waals surface area contributed by atoms with Crippen molar-refractivity contribution in [1.82, 2.24) is 0 Å². The van der Waals surface area contributed by atoms with Crippen LogP contribution in [-0.4, -0.2) is 6.10 Å². The molecule has 0 radical (unpaired) electrons. The lowest BCUT2D eigenvalue weighted by atomic mass is 10.0. The van der Waals surface area contributed by atoms with Crippen molar-refractivity contribution in [3.63, 3.8) is 0 Å². The molecule has 88 valence electrons. The average molecular weight is 210 g/mol. The number of unbranched alkanes of at least 4 members (excludes halogenated alkanes) is 2. The predicted molar refractivity (Wildman–Crippen MR) is 65.9 cm³/mol. The van der Waals surface area contributed by atoms with Gasteiger partial charge in [-0.25, -0.2) is 0 Å². The zero-order chi connectivity index (χ0) is 10.9. The molecule has 1 rings (SSSR count). The van der Waals surface area contributed by atoms with E-state index in [1.807, 2.05) is 0 Å². The summed E-state index contributed by atoms with van der Waals surface area (Å²) in [6.07, 6.45) is 13.3. The zero-order valence-electron chi connectivity index (χ0n) is 10.3. The summed E-state index contributed by atoms with van der Waals surface area (Å²) >= 11 is 0. The van der Waals surface area contributed by atoms with Crippen molar-refractivity contribution in [3.8, 4) is 0 Å². The lowest BCUT2D eigenvalue weighted by Crippen LogP contribution is -2.11. The molecule has 0 N–H and O–H groups in total. The second-order valence-electron chi connectivity index (χ2n) is 4.73. The minimum absolute atomic E-state index is 0.460. The molecule has 0 amide bonds. The van der Waals surface area contributed by atoms with Gasteiger partial charge in [0.2, 0.25) is 0 Å². The molecule has 0 bridgehead atoms. The van der Waals surface area contributed by atoms with Crippen molar-refractivity contribution < 1.29 is 4.74 Å². The molecule has 1 aliphatic rings. The van der Waals surface area contributed by atoms with Gasteiger partial charge < -0.3 is 4.74 Å². The molecule has 0 aliphatic carbocycles. The van der Waals surface area contributed by atoms with Gasteiger partial charge in [-0.05, 0) is 32.1 Å². The van der Waals surface area contributed by atoms with Crippen molar-refractivity contribution in [3.05, 3.63) is 12.3 Å². The Hall–Kier alpha value is -0.460. The third-order valence-electron chi connectivity index (χ3n) is 3.19. The maximum absolute atomic E-state index is 5.92. The normalized spacial score (nSPS) is 23.8. The second-order valence-corrected chi connectivity index (χ2v) is 4.73. The lowest BCUT2D eigenvalue weighted by Gasteiger charge is -2.19. The van der Waals surface area contributed by atoms with E-state index in [1.165, 1.54) is 57.8 Å². The van der Waals surface area contributed by atoms with Crippen molar-refractivity contribution in [2.75, 3.05) is 0 Å². The van der Waals surface area contributed by atoms with E-state index in [-0.39, 0.29) is 0 Å². The Morgan fingerprint density at radius 3 is 2.80 bits per heavy atom. The fourth-order valence-corrected chi connectivity index (χ4v) is 2.23. The van der Waals surface area contributed by atoms with E-state index in [0.717, 1.165) is 12.2 Å². The Morgan fingerprint density at radius 2 is 2.00 bits per heavy atom. The Kier molecular flexibility index (Phi) is 6.54. The Labute approximate surface area is 94.9 Å². The van der Waals surface area contributed by atoms with Gasteiger partial charge in [0, 0.05) is 6.42 Å². The van der Waals surface area contributed by atoms with Crippen molar-refractivity contribution in [2.24, 2.45) is 0 Å². The van der Waals surface area contributed by atoms with E-state index in [9.17, 15) is 0 Å². The molecule has 1 heterocycles. The minimum atomic E-state index is 0.460. The molecule has 1 heteroatoms. The molecule has 1 atom stereocenters. The first kappa shape index (κ1) is 12.6. The largest absolute Gasteiger partial charge is 0.495 e. The Bertz CT molecular complexity index is 174. The van der Waals surface area contributed by atoms with Gasteiger partial charge >= 0.3 is 0 Å². The topological polar surface area (TPSA) is 9.23 Å². The van der Waals surface area contributed by atoms with Crippen LogP contribution in [0.2, 0.25) is 0 Å². The van der Waals surface area contributed by atoms with Crippen LogP contribution >= 0.6 is 0 Å². The molecule has 0 aromatic rings. The van der Waals surface area contributed by atoms with Crippen LogP contribution in [-0.2, 0) is 4.74 Å². The lowest BCUT2D eigenvalue weighted by molar-refractivity contribution is 0.0936. The summed E-state index contributed by atoms with van der Waals surface area (Å²) in [5.74, 6) is 1.03. The number of rotatable bonds is 4. The SMILES string of the molecule is C=C1CCCCCC[C@H](CCCCC)O1. The first-order chi connectivity index (χ1) is 7.33. The molecule has 1 nitrogen and oxygen atoms in total. The zero-order valence-corrected chi connectivity index (χ0v) is 10.3. The van der Waals surface area contributed by atoms with Gasteiger partial charge in [0.05, 0.1) is 11.9 Å². The van der Waals surface area contributed by atoms with Crippen LogP contribution in [0.4, 0.5) is 0 Å². The monoisotopic (exact) mass is 210 g/mol. The van der Waals surface area contributed by atoms with Gasteiger partial charge in [-0.15, -0.1) is 0 Å². The van der Waals surface area contributed by atoms with Crippen molar-refractivity contribution >= 4 is 0 Å². The summed E-state index contributed by atoms with van der Waals surface area (Å²) in [6.45, 7) is 6.27. The molecule has 1 aliphatic heterocycles. The van der Waals surface area contributed by atoms with Crippen LogP contribution < -0.4 is 0 Å². The molecule has 0 aromatic carbocycles. The van der Waals surface area contributed by atoms with E-state index in [1.54, 1.807) is 0 Å². The van der Waals surface area contributed by atoms with Crippen LogP contribution in [0, 0.1) is 0 Å². The molecular weight excluding hydrogens is 184 g/mol. The van der Waals surface area contributed by atoms with Gasteiger partial charge in [0.15, 0.2) is 0 Å². The quantitative estimate of drug-likeness (QED) is 0.604. The molecule has 0 aromatic heterocycles. The minimum Gasteiger partial charge on any atom is -0.495 e. The fourth-order valence-electron chi connectivity index (χ4n) is 2.23. The van der Waals surface area contributed by atoms with E-state index in [0.29, 0.717) is 6.10 Å². The predicted octanol–water partition coefficient (Wildman–Crippen LogP) is 4.82. The summed E-state index contributed by atoms with van der Waals surface area (Å²) in [7, 11) is 0. The number of allylic oxidation sites excluding steroid dienone is 1. The van der Waals surface area contributed by atoms with Gasteiger partial charge in [-0.1, -0.05) is 39.2 Å². The average Bonchev–Trinajstić information content (AvgIpc) is 2.31. The van der Waals surface area contributed by atoms with Gasteiger partial charge in [-0.2, -0.15) is 0 Å². The van der Waals surface area contributed by atoms with Crippen LogP contribution in [0.25, 0.3) is 0 Å². The van der Waals surface area contributed by atoms with Crippen molar-refractivity contribution in [1.29, 1.82) is 0 Å². The summed E-state index contributed by atoms with van der Waals surface area (Å²) in [5, 5.41) is 0. The third kappa shape index (κ3) is 5.86. The maximum atomic E-state index is 5.92. The highest BCUT2D eigenvalue weighted by molar-refractivity contribution is 4.84. The maximum Gasteiger partial charge on any atom is 0.0982 e. The molecule has 1 fully saturated rings. The van der Waals surface area contributed by atoms with E-state index >= 15 is 0 Å². The van der Waals surface area contributed by atoms with Gasteiger partial charge in [0.1, 0.15) is 0 Å². The van der Waals surface area contributed by atoms with Crippen molar-refractivity contribution in [2.45, 2.75) is 77.2 Å². The summed E-state index contributed by atoms with van der Waals surface area (Å²) in [4.78, 5) is 0. The second kappa shape index (κ2) is 7.78. The molecular formula is C14H26O. The molecule has 1 saturated heterocycles. The first-order valence-electron chi connectivity index (χ1n) is 6.67. The summed E-state index contributed by atoms with van der Waals surface area (Å²) in [5.41, 5.74) is 0. The van der Waals surface area contributed by atoms with Crippen LogP contribution in [0.5, 0.6) is 0 Å². The first-order valence-corrected chi connectivity index (χ1v) is 6.67. The molecule has 0 spiro atoms. The third-order valence-corrected chi connectivity index (χ3v) is 3.19. The Balaban J connectivity index is 2.27. The smallest absolute Gasteiger partial charge is 0.0982 e. The van der Waals surface area contributed by atoms with Gasteiger partial charge in [0.25, 0.3) is 0 Å². The Morgan fingerprint density at radius 1 is 1.20 bits per heavy atom. The van der Waals surface area contributed by atoms with E-state index < -0.39 is 0 Å². The van der Waals surface area contributed by atoms with E-state index in [4.69, 9.17) is 4.74 Å². The standard InChI is InChI=1S/C14H26O/c1-3-4-7-11-14-12-9-6-5-8-10-13(2)15-14/h14H,2-12H2,1H3/t14-/m0/s1. The number of hydrogen-bond acceptors (Lipinski definition) is 1. The highest BCUT2D eigenvalue weighted by Gasteiger charge is 2.12. The highest BCUT2D eigenvalue weighted by atomic mass is 16.5.